The SMILES string of the molecule is Cc1ccc(CNC(CO)(CO)CO)cc1[N+](=O)[O-]. The summed E-state index contributed by atoms with van der Waals surface area (Å²) in [5.74, 6) is 0. The summed E-state index contributed by atoms with van der Waals surface area (Å²) in [5, 5.41) is 41.1. The lowest BCUT2D eigenvalue weighted by molar-refractivity contribution is -0.385. The lowest BCUT2D eigenvalue weighted by Gasteiger charge is -2.28. The number of hydrogen-bond donors (Lipinski definition) is 4. The summed E-state index contributed by atoms with van der Waals surface area (Å²) in [5.41, 5.74) is 0.0186. The maximum atomic E-state index is 10.8. The van der Waals surface area contributed by atoms with Gasteiger partial charge >= 0.3 is 0 Å². The van der Waals surface area contributed by atoms with Crippen LogP contribution in [0.4, 0.5) is 5.69 Å². The summed E-state index contributed by atoms with van der Waals surface area (Å²) in [7, 11) is 0. The van der Waals surface area contributed by atoms with Gasteiger partial charge in [-0.2, -0.15) is 0 Å². The van der Waals surface area contributed by atoms with Gasteiger partial charge in [-0.05, 0) is 12.5 Å². The van der Waals surface area contributed by atoms with E-state index in [2.05, 4.69) is 5.32 Å². The molecule has 0 unspecified atom stereocenters. The van der Waals surface area contributed by atoms with Crippen molar-refractivity contribution in [2.75, 3.05) is 19.8 Å². The zero-order valence-electron chi connectivity index (χ0n) is 10.7. The monoisotopic (exact) mass is 270 g/mol. The van der Waals surface area contributed by atoms with Crippen LogP contribution in [0.1, 0.15) is 11.1 Å². The van der Waals surface area contributed by atoms with E-state index in [1.807, 2.05) is 0 Å². The molecule has 1 aromatic rings. The Bertz CT molecular complexity index is 437. The van der Waals surface area contributed by atoms with Crippen LogP contribution in [-0.2, 0) is 6.54 Å². The summed E-state index contributed by atoms with van der Waals surface area (Å²) in [4.78, 5) is 10.3. The van der Waals surface area contributed by atoms with Gasteiger partial charge in [0.1, 0.15) is 0 Å². The number of aryl methyl sites for hydroxylation is 1. The molecule has 0 fully saturated rings. The van der Waals surface area contributed by atoms with Crippen LogP contribution in [0.2, 0.25) is 0 Å². The molecule has 0 aromatic heterocycles. The van der Waals surface area contributed by atoms with Crippen LogP contribution in [0.3, 0.4) is 0 Å². The number of nitrogens with one attached hydrogen (secondary N) is 1. The normalized spacial score (nSPS) is 11.6. The summed E-state index contributed by atoms with van der Waals surface area (Å²) in [6.45, 7) is 0.535. The Morgan fingerprint density at radius 2 is 1.84 bits per heavy atom. The van der Waals surface area contributed by atoms with Crippen LogP contribution in [0.5, 0.6) is 0 Å². The minimum atomic E-state index is -1.19. The van der Waals surface area contributed by atoms with E-state index >= 15 is 0 Å². The molecule has 1 aromatic carbocycles. The van der Waals surface area contributed by atoms with E-state index in [4.69, 9.17) is 15.3 Å². The molecule has 0 amide bonds. The van der Waals surface area contributed by atoms with Gasteiger partial charge in [-0.15, -0.1) is 0 Å². The van der Waals surface area contributed by atoms with Crippen molar-refractivity contribution < 1.29 is 20.2 Å². The molecule has 0 aliphatic carbocycles. The third kappa shape index (κ3) is 3.71. The van der Waals surface area contributed by atoms with Gasteiger partial charge in [0, 0.05) is 18.2 Å². The van der Waals surface area contributed by atoms with Gasteiger partial charge in [-0.3, -0.25) is 10.1 Å². The van der Waals surface area contributed by atoms with Crippen molar-refractivity contribution in [3.05, 3.63) is 39.4 Å². The van der Waals surface area contributed by atoms with Crippen molar-refractivity contribution in [2.24, 2.45) is 0 Å². The van der Waals surface area contributed by atoms with Gasteiger partial charge in [-0.1, -0.05) is 12.1 Å². The molecule has 0 aliphatic rings. The summed E-state index contributed by atoms with van der Waals surface area (Å²) in [6.07, 6.45) is 0. The molecule has 106 valence electrons. The largest absolute Gasteiger partial charge is 0.394 e. The molecule has 7 nitrogen and oxygen atoms in total. The number of nitro benzene ring substituents is 1. The molecule has 0 heterocycles. The highest BCUT2D eigenvalue weighted by molar-refractivity contribution is 5.42. The second-order valence-corrected chi connectivity index (χ2v) is 4.49. The molecule has 4 N–H and O–H groups in total. The Hall–Kier alpha value is -1.54. The molecule has 7 heteroatoms. The first-order valence-corrected chi connectivity index (χ1v) is 5.79. The number of nitro groups is 1. The summed E-state index contributed by atoms with van der Waals surface area (Å²) >= 11 is 0. The van der Waals surface area contributed by atoms with Crippen molar-refractivity contribution >= 4 is 5.69 Å². The summed E-state index contributed by atoms with van der Waals surface area (Å²) < 4.78 is 0. The highest BCUT2D eigenvalue weighted by Gasteiger charge is 2.27. The van der Waals surface area contributed by atoms with Gasteiger partial charge in [0.25, 0.3) is 5.69 Å². The average Bonchev–Trinajstić information content (AvgIpc) is 2.42. The highest BCUT2D eigenvalue weighted by Crippen LogP contribution is 2.19. The fourth-order valence-corrected chi connectivity index (χ4v) is 1.57. The Kier molecular flexibility index (Phi) is 5.37. The molecule has 0 spiro atoms. The minimum absolute atomic E-state index is 0.0156. The maximum absolute atomic E-state index is 10.8. The van der Waals surface area contributed by atoms with Crippen LogP contribution in [0, 0.1) is 17.0 Å². The molecule has 0 saturated carbocycles. The quantitative estimate of drug-likeness (QED) is 0.399. The molecular weight excluding hydrogens is 252 g/mol. The van der Waals surface area contributed by atoms with Crippen LogP contribution in [-0.4, -0.2) is 45.6 Å². The van der Waals surface area contributed by atoms with Gasteiger partial charge < -0.3 is 20.6 Å². The number of nitrogens with zero attached hydrogens (tertiary/aromatic N) is 1. The first kappa shape index (κ1) is 15.5. The van der Waals surface area contributed by atoms with E-state index in [-0.39, 0.29) is 12.2 Å². The third-order valence-electron chi connectivity index (χ3n) is 3.05. The van der Waals surface area contributed by atoms with E-state index in [1.54, 1.807) is 19.1 Å². The molecule has 19 heavy (non-hydrogen) atoms. The molecule has 0 saturated heterocycles. The zero-order valence-corrected chi connectivity index (χ0v) is 10.7. The molecule has 0 bridgehead atoms. The molecule has 0 aliphatic heterocycles. The van der Waals surface area contributed by atoms with E-state index in [0.717, 1.165) is 0 Å². The number of benzene rings is 1. The number of aliphatic hydroxyl groups is 3. The Morgan fingerprint density at radius 1 is 1.26 bits per heavy atom. The van der Waals surface area contributed by atoms with Gasteiger partial charge in [0.15, 0.2) is 0 Å². The van der Waals surface area contributed by atoms with Gasteiger partial charge in [-0.25, -0.2) is 0 Å². The first-order chi connectivity index (χ1) is 8.98. The van der Waals surface area contributed by atoms with E-state index in [0.29, 0.717) is 11.1 Å². The third-order valence-corrected chi connectivity index (χ3v) is 3.05. The Labute approximate surface area is 110 Å². The van der Waals surface area contributed by atoms with E-state index in [9.17, 15) is 10.1 Å². The topological polar surface area (TPSA) is 116 Å². The number of hydrogen-bond acceptors (Lipinski definition) is 6. The number of aliphatic hydroxyl groups excluding tert-OH is 3. The number of rotatable bonds is 7. The fourth-order valence-electron chi connectivity index (χ4n) is 1.57. The molecule has 1 rings (SSSR count). The van der Waals surface area contributed by atoms with Crippen molar-refractivity contribution in [1.29, 1.82) is 0 Å². The Balaban J connectivity index is 2.83. The van der Waals surface area contributed by atoms with Crippen molar-refractivity contribution in [1.82, 2.24) is 5.32 Å². The molecule has 0 atom stereocenters. The first-order valence-electron chi connectivity index (χ1n) is 5.79. The maximum Gasteiger partial charge on any atom is 0.272 e. The smallest absolute Gasteiger partial charge is 0.272 e. The highest BCUT2D eigenvalue weighted by atomic mass is 16.6. The van der Waals surface area contributed by atoms with E-state index in [1.165, 1.54) is 6.07 Å². The standard InChI is InChI=1S/C12H18N2O5/c1-9-2-3-10(4-11(9)14(18)19)5-13-12(6-15,7-16)8-17/h2-4,13,15-17H,5-8H2,1H3. The zero-order chi connectivity index (χ0) is 14.5. The average molecular weight is 270 g/mol. The summed E-state index contributed by atoms with van der Waals surface area (Å²) in [6, 6.07) is 4.78. The van der Waals surface area contributed by atoms with Gasteiger partial charge in [0.2, 0.25) is 0 Å². The predicted molar refractivity (Wildman–Crippen MR) is 68.7 cm³/mol. The van der Waals surface area contributed by atoms with E-state index < -0.39 is 30.3 Å². The fraction of sp³-hybridized carbons (Fsp3) is 0.500. The van der Waals surface area contributed by atoms with Gasteiger partial charge in [0.05, 0.1) is 30.3 Å². The lowest BCUT2D eigenvalue weighted by Crippen LogP contribution is -2.54. The Morgan fingerprint density at radius 3 is 2.32 bits per heavy atom. The molecular formula is C12H18N2O5. The van der Waals surface area contributed by atoms with Crippen molar-refractivity contribution in [2.45, 2.75) is 19.0 Å². The predicted octanol–water partition coefficient (Wildman–Crippen LogP) is -0.291. The molecule has 0 radical (unpaired) electrons. The minimum Gasteiger partial charge on any atom is -0.394 e. The van der Waals surface area contributed by atoms with Crippen LogP contribution < -0.4 is 5.32 Å². The van der Waals surface area contributed by atoms with Crippen molar-refractivity contribution in [3.8, 4) is 0 Å². The second kappa shape index (κ2) is 6.58. The van der Waals surface area contributed by atoms with Crippen molar-refractivity contribution in [3.63, 3.8) is 0 Å². The lowest BCUT2D eigenvalue weighted by atomic mass is 10.0. The second-order valence-electron chi connectivity index (χ2n) is 4.49. The van der Waals surface area contributed by atoms with Crippen LogP contribution >= 0.6 is 0 Å². The van der Waals surface area contributed by atoms with Crippen LogP contribution in [0.15, 0.2) is 18.2 Å². The van der Waals surface area contributed by atoms with Crippen LogP contribution in [0.25, 0.3) is 0 Å².